The number of phenols is 1. The second kappa shape index (κ2) is 7.98. The second-order valence-corrected chi connectivity index (χ2v) is 9.03. The molecule has 1 aliphatic carbocycles. The number of phenolic OH excluding ortho intramolecular Hbond substituents is 1. The van der Waals surface area contributed by atoms with Gasteiger partial charge in [-0.25, -0.2) is 0 Å². The summed E-state index contributed by atoms with van der Waals surface area (Å²) in [6.07, 6.45) is 3.80. The number of β-amino-alcohol motifs (C(OH)–C–C–N with tert-alkyl or cyclic N) is 1. The van der Waals surface area contributed by atoms with Gasteiger partial charge in [-0.1, -0.05) is 0 Å². The Labute approximate surface area is 177 Å². The molecule has 1 saturated carbocycles. The number of likely N-dealkylation sites (tertiary alicyclic amines) is 1. The molecule has 158 valence electrons. The Morgan fingerprint density at radius 1 is 1.20 bits per heavy atom. The molecule has 0 radical (unpaired) electrons. The number of rotatable bonds is 6. The van der Waals surface area contributed by atoms with Gasteiger partial charge in [0.1, 0.15) is 5.75 Å². The van der Waals surface area contributed by atoms with Crippen molar-refractivity contribution >= 4 is 27.2 Å². The molecule has 0 unspecified atom stereocenters. The van der Waals surface area contributed by atoms with E-state index < -0.39 is 0 Å². The molecule has 30 heavy (non-hydrogen) atoms. The quantitative estimate of drug-likeness (QED) is 0.555. The minimum Gasteiger partial charge on any atom is -0.507 e. The smallest absolute Gasteiger partial charge is 0.297 e. The van der Waals surface area contributed by atoms with Gasteiger partial charge in [-0.3, -0.25) is 14.3 Å². The number of thiophene rings is 1. The van der Waals surface area contributed by atoms with Gasteiger partial charge < -0.3 is 15.5 Å². The number of aliphatic hydroxyl groups excluding tert-OH is 1. The van der Waals surface area contributed by atoms with Crippen molar-refractivity contribution in [3.63, 3.8) is 0 Å². The summed E-state index contributed by atoms with van der Waals surface area (Å²) in [7, 11) is 0. The summed E-state index contributed by atoms with van der Waals surface area (Å²) in [5.74, 6) is 0.825. The van der Waals surface area contributed by atoms with Crippen LogP contribution >= 0.6 is 11.3 Å². The van der Waals surface area contributed by atoms with Crippen LogP contribution in [0.4, 0.5) is 5.82 Å². The van der Waals surface area contributed by atoms with Gasteiger partial charge in [-0.2, -0.15) is 0 Å². The summed E-state index contributed by atoms with van der Waals surface area (Å²) in [5, 5.41) is 34.6. The highest BCUT2D eigenvalue weighted by atomic mass is 32.1. The number of nitrogens with zero attached hydrogens (tertiary/aromatic N) is 4. The van der Waals surface area contributed by atoms with Crippen molar-refractivity contribution in [1.82, 2.24) is 19.7 Å². The van der Waals surface area contributed by atoms with E-state index in [0.29, 0.717) is 17.9 Å². The Morgan fingerprint density at radius 2 is 2.07 bits per heavy atom. The first-order chi connectivity index (χ1) is 14.7. The van der Waals surface area contributed by atoms with Crippen LogP contribution in [-0.4, -0.2) is 62.2 Å². The minimum atomic E-state index is -0.188. The largest absolute Gasteiger partial charge is 0.507 e. The van der Waals surface area contributed by atoms with Gasteiger partial charge in [0.05, 0.1) is 12.2 Å². The standard InChI is InChI=1S/C21H25N5O3S/c27-10-9-25-8-1-2-13(12-25)22-19-21(29)26(14-3-4-14)20(24-23-19)16-5-6-17-15(18(16)28)7-11-30-17/h5-7,11,13-14,27-28H,1-4,8-10,12H2,(H,22,23)/t13-/m1/s1. The predicted octanol–water partition coefficient (Wildman–Crippen LogP) is 2.43. The predicted molar refractivity (Wildman–Crippen MR) is 117 cm³/mol. The first-order valence-electron chi connectivity index (χ1n) is 10.4. The zero-order valence-corrected chi connectivity index (χ0v) is 17.4. The summed E-state index contributed by atoms with van der Waals surface area (Å²) >= 11 is 1.56. The molecule has 0 spiro atoms. The van der Waals surface area contributed by atoms with Crippen molar-refractivity contribution in [2.24, 2.45) is 0 Å². The van der Waals surface area contributed by atoms with E-state index in [-0.39, 0.29) is 35.8 Å². The molecular formula is C21H25N5O3S. The first kappa shape index (κ1) is 19.5. The number of aromatic hydroxyl groups is 1. The molecule has 1 aliphatic heterocycles. The lowest BCUT2D eigenvalue weighted by atomic mass is 10.1. The van der Waals surface area contributed by atoms with Gasteiger partial charge in [0, 0.05) is 35.3 Å². The maximum absolute atomic E-state index is 13.3. The molecule has 3 heterocycles. The van der Waals surface area contributed by atoms with Gasteiger partial charge in [-0.05, 0) is 55.8 Å². The monoisotopic (exact) mass is 427 g/mol. The van der Waals surface area contributed by atoms with Crippen molar-refractivity contribution in [2.75, 3.05) is 31.6 Å². The lowest BCUT2D eigenvalue weighted by molar-refractivity contribution is 0.166. The maximum atomic E-state index is 13.3. The molecule has 2 aromatic heterocycles. The molecule has 9 heteroatoms. The van der Waals surface area contributed by atoms with Crippen molar-refractivity contribution < 1.29 is 10.2 Å². The van der Waals surface area contributed by atoms with Crippen molar-refractivity contribution in [1.29, 1.82) is 0 Å². The van der Waals surface area contributed by atoms with Crippen LogP contribution in [0.15, 0.2) is 28.4 Å². The highest BCUT2D eigenvalue weighted by Gasteiger charge is 2.31. The Balaban J connectivity index is 1.49. The Kier molecular flexibility index (Phi) is 5.18. The fraction of sp³-hybridized carbons (Fsp3) is 0.476. The number of piperidine rings is 1. The fourth-order valence-electron chi connectivity index (χ4n) is 4.26. The Hall–Kier alpha value is -2.49. The number of fused-ring (bicyclic) bond motifs is 1. The highest BCUT2D eigenvalue weighted by molar-refractivity contribution is 7.17. The van der Waals surface area contributed by atoms with E-state index in [4.69, 9.17) is 0 Å². The zero-order valence-electron chi connectivity index (χ0n) is 16.6. The van der Waals surface area contributed by atoms with Crippen LogP contribution in [0, 0.1) is 0 Å². The van der Waals surface area contributed by atoms with Gasteiger partial charge in [-0.15, -0.1) is 21.5 Å². The average molecular weight is 428 g/mol. The van der Waals surface area contributed by atoms with Crippen LogP contribution in [0.1, 0.15) is 31.7 Å². The molecule has 1 aromatic carbocycles. The van der Waals surface area contributed by atoms with Crippen LogP contribution in [0.5, 0.6) is 5.75 Å². The van der Waals surface area contributed by atoms with Crippen LogP contribution < -0.4 is 10.9 Å². The first-order valence-corrected chi connectivity index (χ1v) is 11.3. The van der Waals surface area contributed by atoms with Crippen molar-refractivity contribution in [3.8, 4) is 17.1 Å². The van der Waals surface area contributed by atoms with Crippen LogP contribution in [0.25, 0.3) is 21.5 Å². The summed E-state index contributed by atoms with van der Waals surface area (Å²) < 4.78 is 2.68. The summed E-state index contributed by atoms with van der Waals surface area (Å²) in [6.45, 7) is 2.50. The minimum absolute atomic E-state index is 0.0957. The molecular weight excluding hydrogens is 402 g/mol. The van der Waals surface area contributed by atoms with Gasteiger partial charge in [0.15, 0.2) is 5.82 Å². The lowest BCUT2D eigenvalue weighted by Gasteiger charge is -2.32. The molecule has 3 N–H and O–H groups in total. The van der Waals surface area contributed by atoms with E-state index in [2.05, 4.69) is 20.4 Å². The third-order valence-corrected chi connectivity index (χ3v) is 6.80. The number of aromatic nitrogens is 3. The van der Waals surface area contributed by atoms with E-state index in [1.807, 2.05) is 23.6 Å². The number of nitrogens with one attached hydrogen (secondary N) is 1. The van der Waals surface area contributed by atoms with Gasteiger partial charge in [0.25, 0.3) is 5.56 Å². The number of hydrogen-bond acceptors (Lipinski definition) is 8. The molecule has 1 atom stereocenters. The number of hydrogen-bond donors (Lipinski definition) is 3. The Bertz CT molecular complexity index is 1120. The van der Waals surface area contributed by atoms with E-state index in [1.54, 1.807) is 15.9 Å². The van der Waals surface area contributed by atoms with E-state index in [0.717, 1.165) is 48.9 Å². The topological polar surface area (TPSA) is 104 Å². The Morgan fingerprint density at radius 3 is 2.87 bits per heavy atom. The molecule has 5 rings (SSSR count). The number of benzene rings is 1. The molecule has 0 bridgehead atoms. The van der Waals surface area contributed by atoms with Crippen LogP contribution in [0.2, 0.25) is 0 Å². The number of anilines is 1. The van der Waals surface area contributed by atoms with Crippen molar-refractivity contribution in [2.45, 2.75) is 37.8 Å². The summed E-state index contributed by atoms with van der Waals surface area (Å²) in [5.41, 5.74) is 0.349. The average Bonchev–Trinajstić information content (AvgIpc) is 3.46. The lowest BCUT2D eigenvalue weighted by Crippen LogP contribution is -2.44. The van der Waals surface area contributed by atoms with E-state index in [1.165, 1.54) is 0 Å². The summed E-state index contributed by atoms with van der Waals surface area (Å²) in [6, 6.07) is 5.84. The van der Waals surface area contributed by atoms with E-state index in [9.17, 15) is 15.0 Å². The maximum Gasteiger partial charge on any atom is 0.297 e. The third kappa shape index (κ3) is 3.57. The van der Waals surface area contributed by atoms with E-state index >= 15 is 0 Å². The summed E-state index contributed by atoms with van der Waals surface area (Å²) in [4.78, 5) is 15.5. The normalized spacial score (nSPS) is 20.0. The SMILES string of the molecule is O=c1c(N[C@@H]2CCCN(CCO)C2)nnc(-c2ccc3sccc3c2O)n1C1CC1. The van der Waals surface area contributed by atoms with Crippen LogP contribution in [-0.2, 0) is 0 Å². The van der Waals surface area contributed by atoms with Crippen molar-refractivity contribution in [3.05, 3.63) is 33.9 Å². The van der Waals surface area contributed by atoms with Gasteiger partial charge >= 0.3 is 0 Å². The molecule has 2 aliphatic rings. The van der Waals surface area contributed by atoms with Gasteiger partial charge in [0.2, 0.25) is 5.82 Å². The third-order valence-electron chi connectivity index (χ3n) is 5.92. The number of aliphatic hydroxyl groups is 1. The molecule has 2 fully saturated rings. The second-order valence-electron chi connectivity index (χ2n) is 8.08. The molecule has 0 amide bonds. The molecule has 8 nitrogen and oxygen atoms in total. The fourth-order valence-corrected chi connectivity index (χ4v) is 5.05. The zero-order chi connectivity index (χ0) is 20.7. The highest BCUT2D eigenvalue weighted by Crippen LogP contribution is 2.41. The molecule has 1 saturated heterocycles. The molecule has 3 aromatic rings. The van der Waals surface area contributed by atoms with Crippen LogP contribution in [0.3, 0.4) is 0 Å².